The highest BCUT2D eigenvalue weighted by Gasteiger charge is 2.24. The molecule has 1 fully saturated rings. The summed E-state index contributed by atoms with van der Waals surface area (Å²) in [6, 6.07) is 6.26. The number of nitrogen functional groups attached to an aromatic ring is 1. The molecule has 0 aliphatic carbocycles. The van der Waals surface area contributed by atoms with Gasteiger partial charge in [-0.1, -0.05) is 58.2 Å². The summed E-state index contributed by atoms with van der Waals surface area (Å²) in [4.78, 5) is 32.1. The summed E-state index contributed by atoms with van der Waals surface area (Å²) < 4.78 is 5.44. The highest BCUT2D eigenvalue weighted by molar-refractivity contribution is 8.03. The first-order valence-electron chi connectivity index (χ1n) is 12.7. The highest BCUT2D eigenvalue weighted by atomic mass is 32.2. The molecule has 6 N–H and O–H groups in total. The Morgan fingerprint density at radius 1 is 1.22 bits per heavy atom. The van der Waals surface area contributed by atoms with Crippen LogP contribution in [0.15, 0.2) is 47.2 Å². The van der Waals surface area contributed by atoms with Crippen molar-refractivity contribution in [2.75, 3.05) is 32.5 Å². The van der Waals surface area contributed by atoms with E-state index in [1.54, 1.807) is 11.8 Å². The van der Waals surface area contributed by atoms with Gasteiger partial charge in [-0.2, -0.15) is 0 Å². The largest absolute Gasteiger partial charge is 0.398 e. The highest BCUT2D eigenvalue weighted by Crippen LogP contribution is 2.33. The van der Waals surface area contributed by atoms with Gasteiger partial charge in [0, 0.05) is 42.8 Å². The molecule has 0 aromatic heterocycles. The van der Waals surface area contributed by atoms with Crippen molar-refractivity contribution in [3.63, 3.8) is 0 Å². The quantitative estimate of drug-likeness (QED) is 0.144. The number of aldehydes is 1. The number of carbonyl (C=O) groups excluding carboxylic acids is 3. The summed E-state index contributed by atoms with van der Waals surface area (Å²) in [5.74, 6) is 0.558. The van der Waals surface area contributed by atoms with Crippen molar-refractivity contribution in [2.45, 2.75) is 70.2 Å². The Balaban J connectivity index is 0. The van der Waals surface area contributed by atoms with Gasteiger partial charge in [-0.3, -0.25) is 14.4 Å². The number of benzene rings is 1. The molecular formula is C28H48N4O4S. The fourth-order valence-electron chi connectivity index (χ4n) is 3.30. The van der Waals surface area contributed by atoms with Crippen LogP contribution < -0.4 is 22.1 Å². The summed E-state index contributed by atoms with van der Waals surface area (Å²) in [5.41, 5.74) is 12.3. The summed E-state index contributed by atoms with van der Waals surface area (Å²) >= 11 is 1.57. The number of amides is 2. The Kier molecular flexibility index (Phi) is 24.7. The number of ether oxygens (including phenoxy) is 1. The monoisotopic (exact) mass is 536 g/mol. The number of allylic oxidation sites excluding steroid dienone is 2. The third kappa shape index (κ3) is 19.2. The fraction of sp³-hybridized carbons (Fsp3) is 0.536. The van der Waals surface area contributed by atoms with E-state index >= 15 is 0 Å². The van der Waals surface area contributed by atoms with E-state index in [2.05, 4.69) is 56.4 Å². The van der Waals surface area contributed by atoms with Gasteiger partial charge in [0.1, 0.15) is 6.29 Å². The maximum absolute atomic E-state index is 12.4. The van der Waals surface area contributed by atoms with Crippen LogP contribution in [0.1, 0.15) is 58.4 Å². The molecule has 1 saturated heterocycles. The van der Waals surface area contributed by atoms with Gasteiger partial charge in [-0.05, 0) is 67.3 Å². The number of hydrogen-bond donors (Lipinski definition) is 4. The molecule has 9 heteroatoms. The summed E-state index contributed by atoms with van der Waals surface area (Å²) in [6.07, 6.45) is 7.40. The number of anilines is 1. The molecular weight excluding hydrogens is 488 g/mol. The molecule has 1 aromatic carbocycles. The zero-order chi connectivity index (χ0) is 28.5. The van der Waals surface area contributed by atoms with E-state index in [-0.39, 0.29) is 18.4 Å². The number of carbonyl (C=O) groups is 3. The molecule has 0 bridgehead atoms. The number of thioether (sulfide) groups is 1. The Bertz CT molecular complexity index is 777. The minimum Gasteiger partial charge on any atom is -0.398 e. The molecule has 1 aliphatic heterocycles. The van der Waals surface area contributed by atoms with Crippen LogP contribution in [0.2, 0.25) is 0 Å². The van der Waals surface area contributed by atoms with Gasteiger partial charge in [-0.15, -0.1) is 0 Å². The Morgan fingerprint density at radius 3 is 2.27 bits per heavy atom. The minimum absolute atomic E-state index is 0.0822. The van der Waals surface area contributed by atoms with Crippen LogP contribution in [0.4, 0.5) is 5.69 Å². The van der Waals surface area contributed by atoms with E-state index in [4.69, 9.17) is 20.1 Å². The summed E-state index contributed by atoms with van der Waals surface area (Å²) in [5, 5.41) is 6.40. The van der Waals surface area contributed by atoms with Gasteiger partial charge >= 0.3 is 0 Å². The van der Waals surface area contributed by atoms with Crippen molar-refractivity contribution in [1.82, 2.24) is 10.6 Å². The maximum Gasteiger partial charge on any atom is 0.220 e. The Morgan fingerprint density at radius 2 is 1.78 bits per heavy atom. The lowest BCUT2D eigenvalue weighted by Crippen LogP contribution is -2.47. The van der Waals surface area contributed by atoms with Crippen molar-refractivity contribution in [3.05, 3.63) is 47.9 Å². The lowest BCUT2D eigenvalue weighted by atomic mass is 9.91. The van der Waals surface area contributed by atoms with E-state index in [0.717, 1.165) is 54.5 Å². The van der Waals surface area contributed by atoms with Gasteiger partial charge in [0.05, 0.1) is 0 Å². The van der Waals surface area contributed by atoms with Gasteiger partial charge < -0.3 is 26.8 Å². The number of primary amides is 1. The molecule has 2 amide bonds. The lowest BCUT2D eigenvalue weighted by molar-refractivity contribution is -0.122. The molecule has 210 valence electrons. The second-order valence-corrected chi connectivity index (χ2v) is 9.48. The zero-order valence-corrected chi connectivity index (χ0v) is 23.9. The Labute approximate surface area is 228 Å². The predicted molar refractivity (Wildman–Crippen MR) is 156 cm³/mol. The standard InChI is InChI=1S/C21H33N3O2S.C3H4O.C3H8.CH3NO/c1-4-16-6-7-18(22)20(13-16)27-15(2)5-8-21(25)24-19(14-23-3)17-9-11-26-12-10-17;1-2-3-4;1-3-2;2-1-3/h6-7,13,17,19,23H,2,4-5,8-12,14,22H2,1,3H3,(H,24,25);2-3H,1H2;3H2,1-2H3;1H,(H2,2,3). The molecule has 8 nitrogen and oxygen atoms in total. The van der Waals surface area contributed by atoms with Crippen LogP contribution >= 0.6 is 11.8 Å². The number of aryl methyl sites for hydroxylation is 1. The topological polar surface area (TPSA) is 137 Å². The molecule has 1 unspecified atom stereocenters. The average Bonchev–Trinajstić information content (AvgIpc) is 2.90. The molecule has 0 saturated carbocycles. The summed E-state index contributed by atoms with van der Waals surface area (Å²) in [6.45, 7) is 16.0. The van der Waals surface area contributed by atoms with Crippen molar-refractivity contribution < 1.29 is 19.1 Å². The van der Waals surface area contributed by atoms with Crippen molar-refractivity contribution in [1.29, 1.82) is 0 Å². The van der Waals surface area contributed by atoms with Crippen LogP contribution in [-0.4, -0.2) is 51.5 Å². The number of likely N-dealkylation sites (N-methyl/N-ethyl adjacent to an activating group) is 1. The second kappa shape index (κ2) is 25.0. The molecule has 37 heavy (non-hydrogen) atoms. The Hall–Kier alpha value is -2.62. The van der Waals surface area contributed by atoms with Crippen LogP contribution in [0, 0.1) is 5.92 Å². The third-order valence-corrected chi connectivity index (χ3v) is 6.14. The molecule has 1 heterocycles. The van der Waals surface area contributed by atoms with Crippen LogP contribution in [-0.2, 0) is 25.5 Å². The normalized spacial score (nSPS) is 13.1. The summed E-state index contributed by atoms with van der Waals surface area (Å²) in [7, 11) is 1.92. The molecule has 1 atom stereocenters. The molecule has 2 rings (SSSR count). The zero-order valence-electron chi connectivity index (χ0n) is 23.1. The van der Waals surface area contributed by atoms with E-state index in [9.17, 15) is 4.79 Å². The first kappa shape index (κ1) is 36.5. The van der Waals surface area contributed by atoms with Crippen molar-refractivity contribution >= 4 is 36.1 Å². The maximum atomic E-state index is 12.4. The van der Waals surface area contributed by atoms with E-state index in [1.165, 1.54) is 18.1 Å². The molecule has 1 aliphatic rings. The van der Waals surface area contributed by atoms with Crippen LogP contribution in [0.3, 0.4) is 0 Å². The van der Waals surface area contributed by atoms with Gasteiger partial charge in [0.25, 0.3) is 0 Å². The number of nitrogens with one attached hydrogen (secondary N) is 2. The molecule has 1 aromatic rings. The van der Waals surface area contributed by atoms with Gasteiger partial charge in [-0.25, -0.2) is 0 Å². The van der Waals surface area contributed by atoms with Gasteiger partial charge in [0.15, 0.2) is 0 Å². The SMILES string of the molecule is C=C(CCC(=O)NC(CNC)C1CCOCC1)Sc1cc(CC)ccc1N.C=CC=O.CCC.NC=O. The first-order chi connectivity index (χ1) is 17.8. The van der Waals surface area contributed by atoms with Crippen molar-refractivity contribution in [2.24, 2.45) is 11.7 Å². The fourth-order valence-corrected chi connectivity index (χ4v) is 4.21. The molecule has 0 spiro atoms. The average molecular weight is 537 g/mol. The van der Waals surface area contributed by atoms with Crippen molar-refractivity contribution in [3.8, 4) is 0 Å². The van der Waals surface area contributed by atoms with E-state index in [1.807, 2.05) is 19.2 Å². The third-order valence-electron chi connectivity index (χ3n) is 5.07. The molecule has 0 radical (unpaired) electrons. The van der Waals surface area contributed by atoms with Crippen LogP contribution in [0.25, 0.3) is 0 Å². The van der Waals surface area contributed by atoms with Crippen LogP contribution in [0.5, 0.6) is 0 Å². The number of hydrogen-bond acceptors (Lipinski definition) is 7. The van der Waals surface area contributed by atoms with Gasteiger partial charge in [0.2, 0.25) is 12.3 Å². The number of rotatable bonds is 11. The first-order valence-corrected chi connectivity index (χ1v) is 13.6. The van der Waals surface area contributed by atoms with E-state index in [0.29, 0.717) is 25.0 Å². The minimum atomic E-state index is 0.0822. The lowest BCUT2D eigenvalue weighted by Gasteiger charge is -2.31. The second-order valence-electron chi connectivity index (χ2n) is 8.26. The number of nitrogens with two attached hydrogens (primary N) is 2. The van der Waals surface area contributed by atoms with E-state index < -0.39 is 0 Å². The smallest absolute Gasteiger partial charge is 0.220 e. The predicted octanol–water partition coefficient (Wildman–Crippen LogP) is 4.24.